The number of ether oxygens (including phenoxy) is 2. The number of rotatable bonds is 2. The van der Waals surface area contributed by atoms with Gasteiger partial charge in [0, 0.05) is 5.69 Å². The van der Waals surface area contributed by atoms with Crippen molar-refractivity contribution in [1.29, 1.82) is 10.7 Å². The maximum Gasteiger partial charge on any atom is 0.339 e. The normalized spacial score (nSPS) is 24.7. The van der Waals surface area contributed by atoms with E-state index in [0.29, 0.717) is 11.3 Å². The molecule has 0 saturated carbocycles. The molecule has 0 fully saturated rings. The fraction of sp³-hybridized carbons (Fsp3) is 0.333. The van der Waals surface area contributed by atoms with Crippen molar-refractivity contribution in [2.24, 2.45) is 5.92 Å². The largest absolute Gasteiger partial charge is 0.459 e. The van der Waals surface area contributed by atoms with Crippen LogP contribution in [-0.4, -0.2) is 23.9 Å². The number of anilines is 1. The number of allylic oxidation sites excluding steroid dienone is 1. The molecule has 7 nitrogen and oxygen atoms in total. The van der Waals surface area contributed by atoms with Gasteiger partial charge in [0.15, 0.2) is 0 Å². The molecule has 2 aliphatic heterocycles. The van der Waals surface area contributed by atoms with Gasteiger partial charge in [-0.15, -0.1) is 0 Å². The Bertz CT molecular complexity index is 865. The molecule has 0 aliphatic carbocycles. The Balaban J connectivity index is 2.34. The molecule has 0 radical (unpaired) electrons. The van der Waals surface area contributed by atoms with Crippen LogP contribution in [0.15, 0.2) is 35.6 Å². The standard InChI is InChI=1S/C18H17N3O4/c1-9(2)24-16(22)14-10(3)25-15(20)12(8-19)18(14)11-6-4-5-7-13(11)21-17(18)23/h4-7,9,12,20H,1-3H3,(H,21,23). The van der Waals surface area contributed by atoms with Crippen molar-refractivity contribution in [3.63, 3.8) is 0 Å². The lowest BCUT2D eigenvalue weighted by Crippen LogP contribution is -2.52. The van der Waals surface area contributed by atoms with Gasteiger partial charge in [-0.25, -0.2) is 4.79 Å². The lowest BCUT2D eigenvalue weighted by molar-refractivity contribution is -0.145. The van der Waals surface area contributed by atoms with Gasteiger partial charge < -0.3 is 14.8 Å². The van der Waals surface area contributed by atoms with Crippen molar-refractivity contribution in [2.45, 2.75) is 32.3 Å². The number of carbonyl (C=O) groups excluding carboxylic acids is 2. The Labute approximate surface area is 144 Å². The minimum absolute atomic E-state index is 0.0359. The van der Waals surface area contributed by atoms with E-state index < -0.39 is 29.3 Å². The second-order valence-electron chi connectivity index (χ2n) is 6.22. The highest BCUT2D eigenvalue weighted by Crippen LogP contribution is 2.51. The van der Waals surface area contributed by atoms with Crippen molar-refractivity contribution in [3.05, 3.63) is 41.2 Å². The van der Waals surface area contributed by atoms with Crippen LogP contribution < -0.4 is 5.32 Å². The molecular weight excluding hydrogens is 322 g/mol. The number of nitrogens with one attached hydrogen (secondary N) is 2. The zero-order chi connectivity index (χ0) is 18.4. The first-order valence-electron chi connectivity index (χ1n) is 7.83. The smallest absolute Gasteiger partial charge is 0.339 e. The summed E-state index contributed by atoms with van der Waals surface area (Å²) in [4.78, 5) is 25.8. The van der Waals surface area contributed by atoms with Gasteiger partial charge in [-0.05, 0) is 32.4 Å². The monoisotopic (exact) mass is 339 g/mol. The molecule has 7 heteroatoms. The number of nitrogens with zero attached hydrogens (tertiary/aromatic N) is 1. The van der Waals surface area contributed by atoms with E-state index in [1.54, 1.807) is 38.1 Å². The van der Waals surface area contributed by atoms with Crippen molar-refractivity contribution in [2.75, 3.05) is 5.32 Å². The maximum absolute atomic E-state index is 13.0. The van der Waals surface area contributed by atoms with Crippen LogP contribution in [0.25, 0.3) is 0 Å². The van der Waals surface area contributed by atoms with E-state index in [4.69, 9.17) is 14.9 Å². The molecule has 25 heavy (non-hydrogen) atoms. The molecule has 2 heterocycles. The van der Waals surface area contributed by atoms with Gasteiger partial charge in [-0.3, -0.25) is 10.2 Å². The fourth-order valence-corrected chi connectivity index (χ4v) is 3.44. The number of hydrogen-bond donors (Lipinski definition) is 2. The topological polar surface area (TPSA) is 112 Å². The summed E-state index contributed by atoms with van der Waals surface area (Å²) in [5.41, 5.74) is -0.720. The number of benzene rings is 1. The summed E-state index contributed by atoms with van der Waals surface area (Å²) in [5.74, 6) is -2.81. The van der Waals surface area contributed by atoms with Crippen molar-refractivity contribution < 1.29 is 19.1 Å². The number of fused-ring (bicyclic) bond motifs is 2. The Kier molecular flexibility index (Phi) is 3.84. The second kappa shape index (κ2) is 5.74. The maximum atomic E-state index is 13.0. The number of esters is 1. The summed E-state index contributed by atoms with van der Waals surface area (Å²) in [7, 11) is 0. The number of hydrogen-bond acceptors (Lipinski definition) is 6. The molecule has 2 N–H and O–H groups in total. The van der Waals surface area contributed by atoms with Crippen molar-refractivity contribution in [1.82, 2.24) is 0 Å². The van der Waals surface area contributed by atoms with Gasteiger partial charge in [-0.2, -0.15) is 5.26 Å². The van der Waals surface area contributed by atoms with E-state index >= 15 is 0 Å². The predicted molar refractivity (Wildman–Crippen MR) is 88.6 cm³/mol. The minimum atomic E-state index is -1.66. The highest BCUT2D eigenvalue weighted by atomic mass is 16.5. The number of amides is 1. The van der Waals surface area contributed by atoms with Gasteiger partial charge in [0.2, 0.25) is 11.8 Å². The Morgan fingerprint density at radius 2 is 2.12 bits per heavy atom. The highest BCUT2D eigenvalue weighted by Gasteiger charge is 2.62. The van der Waals surface area contributed by atoms with E-state index in [2.05, 4.69) is 5.32 Å². The Morgan fingerprint density at radius 3 is 2.76 bits per heavy atom. The molecule has 128 valence electrons. The van der Waals surface area contributed by atoms with E-state index in [1.807, 2.05) is 6.07 Å². The average Bonchev–Trinajstić information content (AvgIpc) is 2.80. The van der Waals surface area contributed by atoms with Crippen LogP contribution >= 0.6 is 0 Å². The molecule has 2 unspecified atom stereocenters. The lowest BCUT2D eigenvalue weighted by Gasteiger charge is -2.37. The zero-order valence-electron chi connectivity index (χ0n) is 14.0. The summed E-state index contributed by atoms with van der Waals surface area (Å²) in [6, 6.07) is 8.79. The van der Waals surface area contributed by atoms with Gasteiger partial charge in [-0.1, -0.05) is 18.2 Å². The van der Waals surface area contributed by atoms with Crippen molar-refractivity contribution in [3.8, 4) is 6.07 Å². The van der Waals surface area contributed by atoms with E-state index in [0.717, 1.165) is 0 Å². The first-order valence-corrected chi connectivity index (χ1v) is 7.83. The van der Waals surface area contributed by atoms with Gasteiger partial charge in [0.25, 0.3) is 0 Å². The number of nitriles is 1. The third-order valence-corrected chi connectivity index (χ3v) is 4.34. The first-order chi connectivity index (χ1) is 11.8. The number of carbonyl (C=O) groups is 2. The Hall–Kier alpha value is -3.14. The molecule has 0 aromatic heterocycles. The summed E-state index contributed by atoms with van der Waals surface area (Å²) in [6.45, 7) is 4.88. The van der Waals surface area contributed by atoms with Crippen LogP contribution in [-0.2, 0) is 24.5 Å². The van der Waals surface area contributed by atoms with Crippen LogP contribution in [0, 0.1) is 22.7 Å². The third kappa shape index (κ3) is 2.22. The minimum Gasteiger partial charge on any atom is -0.459 e. The molecule has 0 bridgehead atoms. The SMILES string of the molecule is CC1=C(C(=O)OC(C)C)C2(C(=O)Nc3ccccc32)C(C#N)C(=N)O1. The van der Waals surface area contributed by atoms with Gasteiger partial charge >= 0.3 is 5.97 Å². The van der Waals surface area contributed by atoms with Gasteiger partial charge in [0.1, 0.15) is 17.1 Å². The fourth-order valence-electron chi connectivity index (χ4n) is 3.44. The van der Waals surface area contributed by atoms with Crippen LogP contribution in [0.5, 0.6) is 0 Å². The first kappa shape index (κ1) is 16.7. The average molecular weight is 339 g/mol. The molecule has 1 aromatic rings. The molecule has 1 amide bonds. The van der Waals surface area contributed by atoms with Gasteiger partial charge in [0.05, 0.1) is 17.7 Å². The predicted octanol–water partition coefficient (Wildman–Crippen LogP) is 2.25. The highest BCUT2D eigenvalue weighted by molar-refractivity contribution is 6.17. The van der Waals surface area contributed by atoms with Crippen LogP contribution in [0.2, 0.25) is 0 Å². The molecule has 1 spiro atoms. The summed E-state index contributed by atoms with van der Waals surface area (Å²) < 4.78 is 10.6. The van der Waals surface area contributed by atoms with Crippen molar-refractivity contribution >= 4 is 23.5 Å². The third-order valence-electron chi connectivity index (χ3n) is 4.34. The molecule has 0 saturated heterocycles. The molecule has 3 rings (SSSR count). The Morgan fingerprint density at radius 1 is 1.44 bits per heavy atom. The van der Waals surface area contributed by atoms with Crippen LogP contribution in [0.4, 0.5) is 5.69 Å². The van der Waals surface area contributed by atoms with E-state index in [1.165, 1.54) is 6.92 Å². The lowest BCUT2D eigenvalue weighted by atomic mass is 9.64. The van der Waals surface area contributed by atoms with E-state index in [-0.39, 0.29) is 17.2 Å². The molecule has 2 atom stereocenters. The van der Waals surface area contributed by atoms with E-state index in [9.17, 15) is 14.9 Å². The summed E-state index contributed by atoms with van der Waals surface area (Å²) >= 11 is 0. The molecule has 1 aromatic carbocycles. The number of para-hydroxylation sites is 1. The summed E-state index contributed by atoms with van der Waals surface area (Å²) in [6.07, 6.45) is -0.411. The molecule has 2 aliphatic rings. The second-order valence-corrected chi connectivity index (χ2v) is 6.22. The summed E-state index contributed by atoms with van der Waals surface area (Å²) in [5, 5.41) is 20.4. The molecular formula is C18H17N3O4. The zero-order valence-corrected chi connectivity index (χ0v) is 14.0. The quantitative estimate of drug-likeness (QED) is 0.803. The van der Waals surface area contributed by atoms with Crippen LogP contribution in [0.3, 0.4) is 0 Å². The van der Waals surface area contributed by atoms with Crippen LogP contribution in [0.1, 0.15) is 26.3 Å².